The highest BCUT2D eigenvalue weighted by Crippen LogP contribution is 2.46. The van der Waals surface area contributed by atoms with E-state index in [9.17, 15) is 24.5 Å². The Morgan fingerprint density at radius 2 is 1.82 bits per heavy atom. The van der Waals surface area contributed by atoms with Crippen LogP contribution >= 0.6 is 0 Å². The second-order valence-electron chi connectivity index (χ2n) is 8.58. The van der Waals surface area contributed by atoms with Gasteiger partial charge in [-0.2, -0.15) is 0 Å². The van der Waals surface area contributed by atoms with Crippen molar-refractivity contribution in [1.82, 2.24) is 13.9 Å². The first-order chi connectivity index (χ1) is 15.6. The summed E-state index contributed by atoms with van der Waals surface area (Å²) in [6.45, 7) is 5.26. The van der Waals surface area contributed by atoms with Crippen molar-refractivity contribution in [3.63, 3.8) is 0 Å². The van der Waals surface area contributed by atoms with Gasteiger partial charge >= 0.3 is 11.4 Å². The summed E-state index contributed by atoms with van der Waals surface area (Å²) in [5.74, 6) is 0.175. The van der Waals surface area contributed by atoms with Crippen molar-refractivity contribution in [2.24, 2.45) is 0 Å². The van der Waals surface area contributed by atoms with Gasteiger partial charge in [-0.1, -0.05) is 6.08 Å². The third kappa shape index (κ3) is 2.98. The first kappa shape index (κ1) is 20.7. The molecular weight excluding hydrogens is 428 g/mol. The zero-order valence-corrected chi connectivity index (χ0v) is 18.1. The Morgan fingerprint density at radius 1 is 1.12 bits per heavy atom. The summed E-state index contributed by atoms with van der Waals surface area (Å²) in [6, 6.07) is 9.87. The molecule has 3 aromatic rings. The maximum Gasteiger partial charge on any atom is 0.352 e. The molecule has 0 N–H and O–H groups in total. The molecule has 0 bridgehead atoms. The van der Waals surface area contributed by atoms with Crippen molar-refractivity contribution in [1.29, 1.82) is 0 Å². The molecule has 1 unspecified atom stereocenters. The summed E-state index contributed by atoms with van der Waals surface area (Å²) >= 11 is 0. The molecule has 0 spiro atoms. The minimum atomic E-state index is -0.848. The smallest absolute Gasteiger partial charge is 0.352 e. The van der Waals surface area contributed by atoms with Gasteiger partial charge in [-0.05, 0) is 56.7 Å². The molecule has 3 heterocycles. The Labute approximate surface area is 187 Å². The Morgan fingerprint density at radius 3 is 2.45 bits per heavy atom. The molecule has 2 aliphatic rings. The Balaban J connectivity index is 1.73. The van der Waals surface area contributed by atoms with Crippen LogP contribution in [0.1, 0.15) is 42.7 Å². The molecule has 1 aromatic heterocycles. The van der Waals surface area contributed by atoms with Gasteiger partial charge in [0, 0.05) is 17.2 Å². The summed E-state index contributed by atoms with van der Waals surface area (Å²) in [5.41, 5.74) is 0.134. The predicted octanol–water partition coefficient (Wildman–Crippen LogP) is 2.61. The van der Waals surface area contributed by atoms with Gasteiger partial charge in [0.1, 0.15) is 17.4 Å². The number of hydrogen-bond donors (Lipinski definition) is 0. The summed E-state index contributed by atoms with van der Waals surface area (Å²) < 4.78 is 9.87. The Hall–Kier alpha value is -4.21. The molecule has 2 aromatic carbocycles. The van der Waals surface area contributed by atoms with Gasteiger partial charge in [-0.25, -0.2) is 23.5 Å². The first-order valence-electron chi connectivity index (χ1n) is 10.3. The number of aromatic nitrogens is 3. The van der Waals surface area contributed by atoms with Crippen LogP contribution in [0.15, 0.2) is 63.7 Å². The fraction of sp³-hybridized carbons (Fsp3) is 0.261. The lowest BCUT2D eigenvalue weighted by atomic mass is 9.83. The number of non-ortho nitro benzene ring substituents is 1. The van der Waals surface area contributed by atoms with Gasteiger partial charge in [-0.3, -0.25) is 14.9 Å². The summed E-state index contributed by atoms with van der Waals surface area (Å²) in [5, 5.41) is 11.3. The van der Waals surface area contributed by atoms with E-state index in [4.69, 9.17) is 4.74 Å². The number of nitro benzene ring substituents is 1. The first-order valence-corrected chi connectivity index (χ1v) is 10.3. The van der Waals surface area contributed by atoms with Crippen LogP contribution in [0.4, 0.5) is 5.69 Å². The summed E-state index contributed by atoms with van der Waals surface area (Å²) in [7, 11) is 0. The van der Waals surface area contributed by atoms with Crippen LogP contribution in [0.2, 0.25) is 0 Å². The third-order valence-electron chi connectivity index (χ3n) is 6.18. The molecule has 0 saturated carbocycles. The molecular formula is C23H20N4O6. The normalized spacial score (nSPS) is 17.8. The quantitative estimate of drug-likeness (QED) is 0.263. The number of nitrogens with zero attached hydrogens (tertiary/aromatic N) is 4. The molecule has 0 fully saturated rings. The number of rotatable bonds is 3. The van der Waals surface area contributed by atoms with E-state index in [1.165, 1.54) is 28.4 Å². The Kier molecular flexibility index (Phi) is 4.32. The monoisotopic (exact) mass is 448 g/mol. The van der Waals surface area contributed by atoms with Crippen molar-refractivity contribution in [3.8, 4) is 11.4 Å². The van der Waals surface area contributed by atoms with E-state index in [1.54, 1.807) is 30.3 Å². The largest absolute Gasteiger partial charge is 0.483 e. The number of fused-ring (bicyclic) bond motifs is 5. The molecule has 0 saturated heterocycles. The van der Waals surface area contributed by atoms with Crippen molar-refractivity contribution in [2.45, 2.75) is 39.0 Å². The highest BCUT2D eigenvalue weighted by Gasteiger charge is 2.44. The minimum absolute atomic E-state index is 0.120. The van der Waals surface area contributed by atoms with Gasteiger partial charge in [0.05, 0.1) is 23.2 Å². The molecule has 0 radical (unpaired) electrons. The molecule has 2 aliphatic heterocycles. The fourth-order valence-corrected chi connectivity index (χ4v) is 4.56. The number of hydrogen-bond acceptors (Lipinski definition) is 6. The second kappa shape index (κ2) is 6.89. The van der Waals surface area contributed by atoms with Crippen molar-refractivity contribution < 1.29 is 14.5 Å². The highest BCUT2D eigenvalue weighted by atomic mass is 16.6. The number of carbonyl (C=O) groups is 1. The zero-order valence-electron chi connectivity index (χ0n) is 18.1. The van der Waals surface area contributed by atoms with Gasteiger partial charge in [-0.15, -0.1) is 0 Å². The van der Waals surface area contributed by atoms with E-state index in [-0.39, 0.29) is 18.0 Å². The molecule has 10 nitrogen and oxygen atoms in total. The lowest BCUT2D eigenvalue weighted by Crippen LogP contribution is -2.46. The van der Waals surface area contributed by atoms with Crippen LogP contribution in [0.5, 0.6) is 5.75 Å². The SMILES string of the molecule is CC(=O)c1ccc(-n2c(=O)n3n(c2=O)C2C(=CC3)C(C)(C)Oc3cc([N+](=O)[O-])ccc32)cc1. The average Bonchev–Trinajstić information content (AvgIpc) is 3.03. The molecule has 10 heteroatoms. The van der Waals surface area contributed by atoms with Gasteiger partial charge in [0.25, 0.3) is 5.69 Å². The molecule has 0 amide bonds. The highest BCUT2D eigenvalue weighted by molar-refractivity contribution is 5.94. The Bertz CT molecular complexity index is 1490. The molecule has 33 heavy (non-hydrogen) atoms. The number of ether oxygens (including phenoxy) is 1. The van der Waals surface area contributed by atoms with E-state index in [0.717, 1.165) is 10.1 Å². The molecule has 1 atom stereocenters. The maximum absolute atomic E-state index is 13.6. The van der Waals surface area contributed by atoms with Crippen molar-refractivity contribution in [2.75, 3.05) is 0 Å². The predicted molar refractivity (Wildman–Crippen MR) is 118 cm³/mol. The molecule has 5 rings (SSSR count). The number of carbonyl (C=O) groups excluding carboxylic acids is 1. The third-order valence-corrected chi connectivity index (χ3v) is 6.18. The molecule has 168 valence electrons. The van der Waals surface area contributed by atoms with Gasteiger partial charge < -0.3 is 4.74 Å². The average molecular weight is 448 g/mol. The van der Waals surface area contributed by atoms with Crippen LogP contribution in [0.25, 0.3) is 5.69 Å². The lowest BCUT2D eigenvalue weighted by Gasteiger charge is -2.42. The summed E-state index contributed by atoms with van der Waals surface area (Å²) in [4.78, 5) is 49.1. The van der Waals surface area contributed by atoms with Gasteiger partial charge in [0.15, 0.2) is 5.78 Å². The van der Waals surface area contributed by atoms with Crippen LogP contribution in [0.3, 0.4) is 0 Å². The molecule has 0 aliphatic carbocycles. The van der Waals surface area contributed by atoms with Crippen LogP contribution in [-0.4, -0.2) is 30.2 Å². The van der Waals surface area contributed by atoms with Crippen LogP contribution in [0, 0.1) is 10.1 Å². The van der Waals surface area contributed by atoms with Crippen molar-refractivity contribution >= 4 is 11.5 Å². The van der Waals surface area contributed by atoms with E-state index in [2.05, 4.69) is 0 Å². The number of benzene rings is 2. The second-order valence-corrected chi connectivity index (χ2v) is 8.58. The summed E-state index contributed by atoms with van der Waals surface area (Å²) in [6.07, 6.45) is 1.86. The fourth-order valence-electron chi connectivity index (χ4n) is 4.56. The van der Waals surface area contributed by atoms with E-state index in [1.807, 2.05) is 19.9 Å². The van der Waals surface area contributed by atoms with Gasteiger partial charge in [0.2, 0.25) is 0 Å². The van der Waals surface area contributed by atoms with Crippen molar-refractivity contribution in [3.05, 3.63) is 96.3 Å². The van der Waals surface area contributed by atoms with Crippen LogP contribution in [-0.2, 0) is 6.54 Å². The maximum atomic E-state index is 13.6. The standard InChI is InChI=1S/C23H20N4O6/c1-13(28)14-4-6-15(7-5-14)25-21(29)24-11-10-18-20(26(24)22(25)30)17-9-8-16(27(31)32)12-19(17)33-23(18,2)3/h4-10,12,20H,11H2,1-3H3. The number of ketones is 1. The lowest BCUT2D eigenvalue weighted by molar-refractivity contribution is -0.385. The van der Waals surface area contributed by atoms with E-state index < -0.39 is 27.9 Å². The number of nitro groups is 1. The zero-order chi connectivity index (χ0) is 23.7. The topological polar surface area (TPSA) is 118 Å². The number of allylic oxidation sites excluding steroid dienone is 1. The van der Waals surface area contributed by atoms with E-state index >= 15 is 0 Å². The number of Topliss-reactive ketones (excluding diaryl/α,β-unsaturated/α-hetero) is 1. The van der Waals surface area contributed by atoms with Crippen LogP contribution < -0.4 is 16.1 Å². The minimum Gasteiger partial charge on any atom is -0.483 e. The van der Waals surface area contributed by atoms with E-state index in [0.29, 0.717) is 22.6 Å².